The molecule has 1 aliphatic heterocycles. The van der Waals surface area contributed by atoms with Crippen LogP contribution in [-0.2, 0) is 4.79 Å². The Morgan fingerprint density at radius 3 is 2.33 bits per heavy atom. The molecule has 1 saturated heterocycles. The highest BCUT2D eigenvalue weighted by atomic mass is 35.5. The Bertz CT molecular complexity index is 263. The van der Waals surface area contributed by atoms with Crippen molar-refractivity contribution in [2.75, 3.05) is 32.6 Å². The highest BCUT2D eigenvalue weighted by molar-refractivity contribution is 6.19. The molecule has 18 heavy (non-hydrogen) atoms. The first-order chi connectivity index (χ1) is 8.45. The van der Waals surface area contributed by atoms with Gasteiger partial charge in [-0.15, -0.1) is 11.6 Å². The SMILES string of the molecule is CC(CCl)C(=O)N1CCC(CN(C)C(C)C)CC1. The summed E-state index contributed by atoms with van der Waals surface area (Å²) in [6.07, 6.45) is 2.25. The van der Waals surface area contributed by atoms with Crippen molar-refractivity contribution in [1.82, 2.24) is 9.80 Å². The van der Waals surface area contributed by atoms with Gasteiger partial charge in [-0.1, -0.05) is 6.92 Å². The van der Waals surface area contributed by atoms with E-state index in [0.717, 1.165) is 38.4 Å². The summed E-state index contributed by atoms with van der Waals surface area (Å²) in [6, 6.07) is 0.598. The van der Waals surface area contributed by atoms with E-state index >= 15 is 0 Å². The van der Waals surface area contributed by atoms with Gasteiger partial charge in [0.2, 0.25) is 5.91 Å². The largest absolute Gasteiger partial charge is 0.342 e. The van der Waals surface area contributed by atoms with Gasteiger partial charge in [0.05, 0.1) is 0 Å². The summed E-state index contributed by atoms with van der Waals surface area (Å²) in [6.45, 7) is 9.30. The van der Waals surface area contributed by atoms with Crippen LogP contribution in [0.5, 0.6) is 0 Å². The van der Waals surface area contributed by atoms with E-state index in [4.69, 9.17) is 11.6 Å². The molecule has 0 saturated carbocycles. The van der Waals surface area contributed by atoms with E-state index in [1.165, 1.54) is 0 Å². The molecule has 4 heteroatoms. The van der Waals surface area contributed by atoms with Gasteiger partial charge in [0.25, 0.3) is 0 Å². The molecule has 0 radical (unpaired) electrons. The lowest BCUT2D eigenvalue weighted by Crippen LogP contribution is -2.44. The third kappa shape index (κ3) is 4.43. The predicted octanol–water partition coefficient (Wildman–Crippen LogP) is 2.44. The first-order valence-electron chi connectivity index (χ1n) is 7.00. The zero-order chi connectivity index (χ0) is 13.7. The molecule has 1 fully saturated rings. The molecule has 1 atom stereocenters. The summed E-state index contributed by atoms with van der Waals surface area (Å²) in [7, 11) is 2.18. The van der Waals surface area contributed by atoms with Gasteiger partial charge in [0.1, 0.15) is 0 Å². The monoisotopic (exact) mass is 274 g/mol. The second-order valence-corrected chi connectivity index (χ2v) is 6.17. The molecule has 1 aliphatic rings. The quantitative estimate of drug-likeness (QED) is 0.719. The van der Waals surface area contributed by atoms with Crippen LogP contribution in [0, 0.1) is 11.8 Å². The van der Waals surface area contributed by atoms with Crippen molar-refractivity contribution in [2.45, 2.75) is 39.7 Å². The van der Waals surface area contributed by atoms with Crippen LogP contribution in [-0.4, -0.2) is 54.3 Å². The van der Waals surface area contributed by atoms with Crippen molar-refractivity contribution >= 4 is 17.5 Å². The molecule has 0 aromatic rings. The zero-order valence-electron chi connectivity index (χ0n) is 12.2. The van der Waals surface area contributed by atoms with E-state index in [9.17, 15) is 4.79 Å². The van der Waals surface area contributed by atoms with E-state index in [2.05, 4.69) is 25.8 Å². The number of likely N-dealkylation sites (tertiary alicyclic amines) is 1. The molecule has 3 nitrogen and oxygen atoms in total. The Labute approximate surface area is 116 Å². The minimum absolute atomic E-state index is 0.0402. The van der Waals surface area contributed by atoms with Crippen molar-refractivity contribution < 1.29 is 4.79 Å². The van der Waals surface area contributed by atoms with Crippen LogP contribution < -0.4 is 0 Å². The summed E-state index contributed by atoms with van der Waals surface area (Å²) < 4.78 is 0. The molecule has 1 rings (SSSR count). The summed E-state index contributed by atoms with van der Waals surface area (Å²) in [5.74, 6) is 1.34. The second-order valence-electron chi connectivity index (χ2n) is 5.86. The van der Waals surface area contributed by atoms with Gasteiger partial charge < -0.3 is 9.80 Å². The maximum absolute atomic E-state index is 12.0. The smallest absolute Gasteiger partial charge is 0.226 e. The molecule has 0 N–H and O–H groups in total. The number of nitrogens with zero attached hydrogens (tertiary/aromatic N) is 2. The predicted molar refractivity (Wildman–Crippen MR) is 77.0 cm³/mol. The van der Waals surface area contributed by atoms with Crippen LogP contribution in [0.1, 0.15) is 33.6 Å². The lowest BCUT2D eigenvalue weighted by atomic mass is 9.95. The number of alkyl halides is 1. The average molecular weight is 275 g/mol. The van der Waals surface area contributed by atoms with E-state index in [1.807, 2.05) is 11.8 Å². The number of carbonyl (C=O) groups excluding carboxylic acids is 1. The number of piperidine rings is 1. The van der Waals surface area contributed by atoms with Crippen LogP contribution in [0.2, 0.25) is 0 Å². The fourth-order valence-electron chi connectivity index (χ4n) is 2.33. The van der Waals surface area contributed by atoms with Crippen LogP contribution in [0.3, 0.4) is 0 Å². The average Bonchev–Trinajstić information content (AvgIpc) is 2.37. The molecule has 0 spiro atoms. The van der Waals surface area contributed by atoms with E-state index in [0.29, 0.717) is 11.9 Å². The zero-order valence-corrected chi connectivity index (χ0v) is 12.9. The number of carbonyl (C=O) groups is 1. The van der Waals surface area contributed by atoms with Gasteiger partial charge >= 0.3 is 0 Å². The van der Waals surface area contributed by atoms with E-state index < -0.39 is 0 Å². The normalized spacial score (nSPS) is 19.6. The second kappa shape index (κ2) is 7.34. The Kier molecular flexibility index (Phi) is 6.44. The van der Waals surface area contributed by atoms with Crippen LogP contribution in [0.4, 0.5) is 0 Å². The Balaban J connectivity index is 2.35. The molecule has 106 valence electrons. The minimum Gasteiger partial charge on any atom is -0.342 e. The summed E-state index contributed by atoms with van der Waals surface area (Å²) in [5, 5.41) is 0. The van der Waals surface area contributed by atoms with Crippen molar-refractivity contribution in [3.63, 3.8) is 0 Å². The van der Waals surface area contributed by atoms with E-state index in [-0.39, 0.29) is 11.8 Å². The number of hydrogen-bond acceptors (Lipinski definition) is 2. The lowest BCUT2D eigenvalue weighted by molar-refractivity contribution is -0.135. The van der Waals surface area contributed by atoms with Crippen molar-refractivity contribution in [3.8, 4) is 0 Å². The topological polar surface area (TPSA) is 23.6 Å². The van der Waals surface area contributed by atoms with E-state index in [1.54, 1.807) is 0 Å². The lowest BCUT2D eigenvalue weighted by Gasteiger charge is -2.35. The molecule has 0 bridgehead atoms. The van der Waals surface area contributed by atoms with Crippen molar-refractivity contribution in [3.05, 3.63) is 0 Å². The number of halogens is 1. The van der Waals surface area contributed by atoms with Gasteiger partial charge in [0, 0.05) is 37.5 Å². The van der Waals surface area contributed by atoms with Gasteiger partial charge in [-0.2, -0.15) is 0 Å². The summed E-state index contributed by atoms with van der Waals surface area (Å²) in [5.41, 5.74) is 0. The number of rotatable bonds is 5. The molecule has 1 heterocycles. The third-order valence-electron chi connectivity index (χ3n) is 4.01. The third-order valence-corrected chi connectivity index (χ3v) is 4.47. The Hall–Kier alpha value is -0.280. The molecule has 0 aliphatic carbocycles. The highest BCUT2D eigenvalue weighted by Gasteiger charge is 2.26. The standard InChI is InChI=1S/C14H27ClN2O/c1-11(2)16(4)10-13-5-7-17(8-6-13)14(18)12(3)9-15/h11-13H,5-10H2,1-4H3. The summed E-state index contributed by atoms with van der Waals surface area (Å²) in [4.78, 5) is 16.4. The van der Waals surface area contributed by atoms with Crippen molar-refractivity contribution in [1.29, 1.82) is 0 Å². The Morgan fingerprint density at radius 2 is 1.89 bits per heavy atom. The molecular weight excluding hydrogens is 248 g/mol. The highest BCUT2D eigenvalue weighted by Crippen LogP contribution is 2.20. The summed E-state index contributed by atoms with van der Waals surface area (Å²) >= 11 is 5.74. The minimum atomic E-state index is -0.0402. The van der Waals surface area contributed by atoms with Crippen LogP contribution in [0.15, 0.2) is 0 Å². The number of amides is 1. The molecule has 0 aromatic carbocycles. The van der Waals surface area contributed by atoms with Crippen LogP contribution >= 0.6 is 11.6 Å². The first-order valence-corrected chi connectivity index (χ1v) is 7.54. The fourth-order valence-corrected chi connectivity index (χ4v) is 2.46. The van der Waals surface area contributed by atoms with Gasteiger partial charge in [-0.25, -0.2) is 0 Å². The van der Waals surface area contributed by atoms with Gasteiger partial charge in [0.15, 0.2) is 0 Å². The van der Waals surface area contributed by atoms with Gasteiger partial charge in [-0.3, -0.25) is 4.79 Å². The van der Waals surface area contributed by atoms with Crippen molar-refractivity contribution in [2.24, 2.45) is 11.8 Å². The molecule has 0 aromatic heterocycles. The number of hydrogen-bond donors (Lipinski definition) is 0. The Morgan fingerprint density at radius 1 is 1.33 bits per heavy atom. The van der Waals surface area contributed by atoms with Crippen LogP contribution in [0.25, 0.3) is 0 Å². The maximum atomic E-state index is 12.0. The molecule has 1 unspecified atom stereocenters. The first kappa shape index (κ1) is 15.8. The maximum Gasteiger partial charge on any atom is 0.226 e. The molecule has 1 amide bonds. The fraction of sp³-hybridized carbons (Fsp3) is 0.929. The molecular formula is C14H27ClN2O. The van der Waals surface area contributed by atoms with Gasteiger partial charge in [-0.05, 0) is 39.7 Å².